The summed E-state index contributed by atoms with van der Waals surface area (Å²) >= 11 is 6.08. The van der Waals surface area contributed by atoms with E-state index in [1.807, 2.05) is 78.8 Å². The zero-order chi connectivity index (χ0) is 26.1. The molecule has 184 valence electrons. The number of hydrogen-bond donors (Lipinski definition) is 0. The Bertz CT molecular complexity index is 1000. The van der Waals surface area contributed by atoms with Crippen molar-refractivity contribution < 1.29 is 14.3 Å². The fraction of sp³-hybridized carbons (Fsp3) is 0.310. The maximum Gasteiger partial charge on any atom is 0.264 e. The number of halogens is 1. The molecule has 0 saturated carbocycles. The average Bonchev–Trinajstić information content (AvgIpc) is 2.91. The SMILES string of the molecule is CC.CC.CC.Cc1ccccc1N(C)C(=O)COc1ccc(Cl)cc1C(=O)c1ccccc1. The lowest BCUT2D eigenvalue weighted by Gasteiger charge is -2.20. The van der Waals surface area contributed by atoms with Crippen molar-refractivity contribution in [1.82, 2.24) is 0 Å². The minimum atomic E-state index is -0.220. The number of benzene rings is 3. The summed E-state index contributed by atoms with van der Waals surface area (Å²) in [6.45, 7) is 13.7. The number of ether oxygens (including phenoxy) is 1. The second-order valence-corrected chi connectivity index (χ2v) is 6.80. The fourth-order valence-electron chi connectivity index (χ4n) is 2.86. The molecule has 4 nitrogen and oxygen atoms in total. The van der Waals surface area contributed by atoms with Crippen molar-refractivity contribution in [2.75, 3.05) is 18.6 Å². The number of hydrogen-bond acceptors (Lipinski definition) is 3. The lowest BCUT2D eigenvalue weighted by Crippen LogP contribution is -2.32. The zero-order valence-corrected chi connectivity index (χ0v) is 22.4. The number of carbonyl (C=O) groups is 2. The Morgan fingerprint density at radius 1 is 0.824 bits per heavy atom. The summed E-state index contributed by atoms with van der Waals surface area (Å²) < 4.78 is 5.71. The molecule has 0 heterocycles. The van der Waals surface area contributed by atoms with Crippen molar-refractivity contribution >= 4 is 29.0 Å². The minimum absolute atomic E-state index is 0.193. The van der Waals surface area contributed by atoms with Gasteiger partial charge >= 0.3 is 0 Å². The van der Waals surface area contributed by atoms with Crippen LogP contribution in [-0.2, 0) is 4.79 Å². The predicted molar refractivity (Wildman–Crippen MR) is 145 cm³/mol. The van der Waals surface area contributed by atoms with E-state index >= 15 is 0 Å². The molecule has 0 bridgehead atoms. The third kappa shape index (κ3) is 9.03. The third-order valence-corrected chi connectivity index (χ3v) is 4.66. The first kappa shape index (κ1) is 30.9. The van der Waals surface area contributed by atoms with Crippen LogP contribution in [0.3, 0.4) is 0 Å². The van der Waals surface area contributed by atoms with E-state index in [4.69, 9.17) is 16.3 Å². The highest BCUT2D eigenvalue weighted by Gasteiger charge is 2.18. The Kier molecular flexibility index (Phi) is 15.8. The summed E-state index contributed by atoms with van der Waals surface area (Å²) in [4.78, 5) is 27.0. The molecule has 3 rings (SSSR count). The number of nitrogens with zero attached hydrogens (tertiary/aromatic N) is 1. The number of aryl methyl sites for hydroxylation is 1. The Morgan fingerprint density at radius 2 is 1.38 bits per heavy atom. The Morgan fingerprint density at radius 3 is 1.97 bits per heavy atom. The first-order valence-corrected chi connectivity index (χ1v) is 12.2. The summed E-state index contributed by atoms with van der Waals surface area (Å²) in [5, 5.41) is 0.426. The molecule has 0 atom stereocenters. The summed E-state index contributed by atoms with van der Waals surface area (Å²) in [5.41, 5.74) is 2.65. The van der Waals surface area contributed by atoms with Crippen molar-refractivity contribution in [2.24, 2.45) is 0 Å². The Balaban J connectivity index is 0.00000168. The van der Waals surface area contributed by atoms with Gasteiger partial charge in [0, 0.05) is 23.3 Å². The Hall–Kier alpha value is -3.11. The molecule has 5 heteroatoms. The molecular formula is C29H38ClNO3. The normalized spacial score (nSPS) is 9.09. The summed E-state index contributed by atoms with van der Waals surface area (Å²) in [5.74, 6) is -0.107. The zero-order valence-electron chi connectivity index (χ0n) is 21.7. The highest BCUT2D eigenvalue weighted by molar-refractivity contribution is 6.31. The molecule has 0 N–H and O–H groups in total. The average molecular weight is 484 g/mol. The Labute approximate surface area is 210 Å². The fourth-order valence-corrected chi connectivity index (χ4v) is 3.03. The van der Waals surface area contributed by atoms with Crippen LogP contribution in [0.25, 0.3) is 0 Å². The molecule has 0 spiro atoms. The van der Waals surface area contributed by atoms with Crippen molar-refractivity contribution in [3.05, 3.63) is 94.5 Å². The van der Waals surface area contributed by atoms with Crippen LogP contribution in [0.2, 0.25) is 5.02 Å². The monoisotopic (exact) mass is 483 g/mol. The number of rotatable bonds is 6. The smallest absolute Gasteiger partial charge is 0.264 e. The van der Waals surface area contributed by atoms with E-state index in [0.29, 0.717) is 21.9 Å². The number of amides is 1. The molecule has 0 radical (unpaired) electrons. The molecule has 0 unspecified atom stereocenters. The summed E-state index contributed by atoms with van der Waals surface area (Å²) in [6.07, 6.45) is 0. The van der Waals surface area contributed by atoms with Crippen LogP contribution >= 0.6 is 11.6 Å². The van der Waals surface area contributed by atoms with E-state index in [2.05, 4.69) is 0 Å². The van der Waals surface area contributed by atoms with Crippen LogP contribution < -0.4 is 9.64 Å². The maximum atomic E-state index is 12.8. The molecular weight excluding hydrogens is 446 g/mol. The van der Waals surface area contributed by atoms with E-state index in [-0.39, 0.29) is 18.3 Å². The first-order valence-electron chi connectivity index (χ1n) is 11.8. The van der Waals surface area contributed by atoms with Gasteiger partial charge in [0.15, 0.2) is 12.4 Å². The second-order valence-electron chi connectivity index (χ2n) is 6.36. The number of likely N-dealkylation sites (N-methyl/N-ethyl adjacent to an activating group) is 1. The molecule has 0 aliphatic rings. The lowest BCUT2D eigenvalue weighted by molar-refractivity contribution is -0.120. The van der Waals surface area contributed by atoms with E-state index < -0.39 is 0 Å². The van der Waals surface area contributed by atoms with E-state index in [1.54, 1.807) is 54.4 Å². The van der Waals surface area contributed by atoms with Crippen LogP contribution in [-0.4, -0.2) is 25.3 Å². The molecule has 3 aromatic rings. The molecule has 3 aromatic carbocycles. The number of ketones is 1. The largest absolute Gasteiger partial charge is 0.483 e. The van der Waals surface area contributed by atoms with Gasteiger partial charge in [0.25, 0.3) is 5.91 Å². The standard InChI is InChI=1S/C23H20ClNO3.3C2H6/c1-16-8-6-7-11-20(16)25(2)22(26)15-28-21-13-12-18(24)14-19(21)23(27)17-9-4-3-5-10-17;3*1-2/h3-14H,15H2,1-2H3;3*1-2H3. The van der Waals surface area contributed by atoms with Crippen molar-refractivity contribution in [3.8, 4) is 5.75 Å². The van der Waals surface area contributed by atoms with Gasteiger partial charge in [-0.3, -0.25) is 9.59 Å². The van der Waals surface area contributed by atoms with Gasteiger partial charge in [0.05, 0.1) is 5.56 Å². The molecule has 0 fully saturated rings. The number of carbonyl (C=O) groups excluding carboxylic acids is 2. The summed E-state index contributed by atoms with van der Waals surface area (Å²) in [7, 11) is 1.70. The lowest BCUT2D eigenvalue weighted by atomic mass is 10.0. The van der Waals surface area contributed by atoms with Crippen molar-refractivity contribution in [3.63, 3.8) is 0 Å². The van der Waals surface area contributed by atoms with Gasteiger partial charge in [-0.2, -0.15) is 0 Å². The predicted octanol–water partition coefficient (Wildman–Crippen LogP) is 8.00. The van der Waals surface area contributed by atoms with E-state index in [9.17, 15) is 9.59 Å². The van der Waals surface area contributed by atoms with Crippen LogP contribution in [0, 0.1) is 6.92 Å². The van der Waals surface area contributed by atoms with Gasteiger partial charge in [-0.1, -0.05) is 102 Å². The number of para-hydroxylation sites is 1. The molecule has 0 aliphatic carbocycles. The minimum Gasteiger partial charge on any atom is -0.483 e. The highest BCUT2D eigenvalue weighted by atomic mass is 35.5. The van der Waals surface area contributed by atoms with E-state index in [0.717, 1.165) is 11.3 Å². The summed E-state index contributed by atoms with van der Waals surface area (Å²) in [6, 6.07) is 21.3. The molecule has 0 saturated heterocycles. The van der Waals surface area contributed by atoms with Crippen LogP contribution in [0.5, 0.6) is 5.75 Å². The third-order valence-electron chi connectivity index (χ3n) is 4.42. The second kappa shape index (κ2) is 17.4. The molecule has 1 amide bonds. The van der Waals surface area contributed by atoms with Crippen LogP contribution in [0.4, 0.5) is 5.69 Å². The van der Waals surface area contributed by atoms with Gasteiger partial charge in [0.2, 0.25) is 0 Å². The quantitative estimate of drug-likeness (QED) is 0.333. The van der Waals surface area contributed by atoms with Gasteiger partial charge < -0.3 is 9.64 Å². The van der Waals surface area contributed by atoms with Gasteiger partial charge in [0.1, 0.15) is 5.75 Å². The number of anilines is 1. The van der Waals surface area contributed by atoms with Crippen molar-refractivity contribution in [2.45, 2.75) is 48.5 Å². The maximum absolute atomic E-state index is 12.8. The van der Waals surface area contributed by atoms with Gasteiger partial charge in [-0.15, -0.1) is 0 Å². The first-order chi connectivity index (χ1) is 16.5. The van der Waals surface area contributed by atoms with Gasteiger partial charge in [-0.05, 0) is 36.8 Å². The van der Waals surface area contributed by atoms with E-state index in [1.165, 1.54) is 0 Å². The molecule has 34 heavy (non-hydrogen) atoms. The van der Waals surface area contributed by atoms with Crippen molar-refractivity contribution in [1.29, 1.82) is 0 Å². The topological polar surface area (TPSA) is 46.6 Å². The highest BCUT2D eigenvalue weighted by Crippen LogP contribution is 2.26. The molecule has 0 aliphatic heterocycles. The van der Waals surface area contributed by atoms with Crippen LogP contribution in [0.15, 0.2) is 72.8 Å². The van der Waals surface area contributed by atoms with Crippen LogP contribution in [0.1, 0.15) is 63.0 Å². The van der Waals surface area contributed by atoms with Gasteiger partial charge in [-0.25, -0.2) is 0 Å². The molecule has 0 aromatic heterocycles.